The molecule has 2 amide bonds. The van der Waals surface area contributed by atoms with Crippen LogP contribution in [-0.4, -0.2) is 23.8 Å². The molecular formula is C26H23ClN2O3. The van der Waals surface area contributed by atoms with E-state index in [1.54, 1.807) is 19.2 Å². The number of amides is 2. The number of ether oxygens (including phenoxy) is 1. The molecule has 3 aromatic carbocycles. The fourth-order valence-electron chi connectivity index (χ4n) is 3.71. The third-order valence-electron chi connectivity index (χ3n) is 5.56. The molecule has 3 aromatic rings. The molecule has 0 bridgehead atoms. The van der Waals surface area contributed by atoms with Crippen molar-refractivity contribution in [3.63, 3.8) is 0 Å². The maximum atomic E-state index is 13.5. The number of aryl methyl sites for hydroxylation is 1. The Kier molecular flexibility index (Phi) is 6.01. The van der Waals surface area contributed by atoms with Gasteiger partial charge in [0.05, 0.1) is 19.2 Å². The number of imide groups is 1. The van der Waals surface area contributed by atoms with Gasteiger partial charge < -0.3 is 10.1 Å². The highest BCUT2D eigenvalue weighted by Gasteiger charge is 2.39. The lowest BCUT2D eigenvalue weighted by atomic mass is 10.0. The third-order valence-corrected chi connectivity index (χ3v) is 5.97. The van der Waals surface area contributed by atoms with Crippen LogP contribution in [0.15, 0.2) is 72.4 Å². The molecule has 0 aliphatic carbocycles. The van der Waals surface area contributed by atoms with Crippen LogP contribution in [0.4, 0.5) is 5.69 Å². The van der Waals surface area contributed by atoms with E-state index in [1.807, 2.05) is 68.4 Å². The Morgan fingerprint density at radius 3 is 2.34 bits per heavy atom. The Morgan fingerprint density at radius 1 is 0.906 bits per heavy atom. The molecule has 1 aliphatic rings. The molecule has 0 saturated carbocycles. The van der Waals surface area contributed by atoms with Crippen LogP contribution in [0.5, 0.6) is 5.75 Å². The molecule has 162 valence electrons. The second-order valence-corrected chi connectivity index (χ2v) is 8.07. The van der Waals surface area contributed by atoms with Gasteiger partial charge in [-0.2, -0.15) is 0 Å². The summed E-state index contributed by atoms with van der Waals surface area (Å²) in [5, 5.41) is 3.77. The Balaban J connectivity index is 1.78. The molecule has 0 unspecified atom stereocenters. The minimum absolute atomic E-state index is 0.108. The van der Waals surface area contributed by atoms with Crippen LogP contribution in [-0.2, 0) is 16.1 Å². The SMILES string of the molecule is COc1ccccc1CN1C(=O)C(Nc2cccc(Cl)c2C)=C(c2ccc(C)cc2)C1=O. The average Bonchev–Trinajstić information content (AvgIpc) is 3.02. The number of hydrogen-bond acceptors (Lipinski definition) is 4. The van der Waals surface area contributed by atoms with E-state index in [0.29, 0.717) is 27.6 Å². The molecular weight excluding hydrogens is 424 g/mol. The summed E-state index contributed by atoms with van der Waals surface area (Å²) >= 11 is 6.27. The first kappa shape index (κ1) is 21.7. The number of hydrogen-bond donors (Lipinski definition) is 1. The molecule has 5 nitrogen and oxygen atoms in total. The van der Waals surface area contributed by atoms with Gasteiger partial charge in [-0.05, 0) is 43.2 Å². The molecule has 0 spiro atoms. The lowest BCUT2D eigenvalue weighted by Gasteiger charge is -2.17. The van der Waals surface area contributed by atoms with Crippen molar-refractivity contribution in [3.8, 4) is 5.75 Å². The van der Waals surface area contributed by atoms with Gasteiger partial charge in [-0.3, -0.25) is 14.5 Å². The van der Waals surface area contributed by atoms with Gasteiger partial charge in [-0.1, -0.05) is 65.7 Å². The Morgan fingerprint density at radius 2 is 1.62 bits per heavy atom. The minimum Gasteiger partial charge on any atom is -0.496 e. The maximum Gasteiger partial charge on any atom is 0.278 e. The second kappa shape index (κ2) is 8.89. The third kappa shape index (κ3) is 3.99. The highest BCUT2D eigenvalue weighted by Crippen LogP contribution is 2.34. The summed E-state index contributed by atoms with van der Waals surface area (Å²) in [4.78, 5) is 28.2. The number of halogens is 1. The van der Waals surface area contributed by atoms with E-state index in [-0.39, 0.29) is 18.1 Å². The summed E-state index contributed by atoms with van der Waals surface area (Å²) in [6.07, 6.45) is 0. The number of carbonyl (C=O) groups is 2. The Labute approximate surface area is 192 Å². The largest absolute Gasteiger partial charge is 0.496 e. The number of anilines is 1. The van der Waals surface area contributed by atoms with Crippen molar-refractivity contribution in [3.05, 3.63) is 99.7 Å². The van der Waals surface area contributed by atoms with E-state index in [4.69, 9.17) is 16.3 Å². The molecule has 0 saturated heterocycles. The number of rotatable bonds is 6. The van der Waals surface area contributed by atoms with E-state index >= 15 is 0 Å². The quantitative estimate of drug-likeness (QED) is 0.518. The lowest BCUT2D eigenvalue weighted by molar-refractivity contribution is -0.137. The Hall–Kier alpha value is -3.57. The van der Waals surface area contributed by atoms with E-state index in [9.17, 15) is 9.59 Å². The first-order valence-electron chi connectivity index (χ1n) is 10.2. The highest BCUT2D eigenvalue weighted by atomic mass is 35.5. The topological polar surface area (TPSA) is 58.6 Å². The van der Waals surface area contributed by atoms with Crippen LogP contribution >= 0.6 is 11.6 Å². The molecule has 0 fully saturated rings. The summed E-state index contributed by atoms with van der Waals surface area (Å²) in [5.74, 6) is -0.125. The van der Waals surface area contributed by atoms with Crippen molar-refractivity contribution < 1.29 is 14.3 Å². The summed E-state index contributed by atoms with van der Waals surface area (Å²) in [5.41, 5.74) is 4.55. The smallest absolute Gasteiger partial charge is 0.278 e. The van der Waals surface area contributed by atoms with Gasteiger partial charge >= 0.3 is 0 Å². The van der Waals surface area contributed by atoms with Crippen molar-refractivity contribution in [2.75, 3.05) is 12.4 Å². The zero-order chi connectivity index (χ0) is 22.8. The van der Waals surface area contributed by atoms with Gasteiger partial charge in [0.1, 0.15) is 11.4 Å². The fraction of sp³-hybridized carbons (Fsp3) is 0.154. The minimum atomic E-state index is -0.393. The number of benzene rings is 3. The second-order valence-electron chi connectivity index (χ2n) is 7.66. The maximum absolute atomic E-state index is 13.5. The summed E-state index contributed by atoms with van der Waals surface area (Å²) in [6.45, 7) is 3.95. The van der Waals surface area contributed by atoms with Crippen molar-refractivity contribution in [2.24, 2.45) is 0 Å². The van der Waals surface area contributed by atoms with Gasteiger partial charge in [0.15, 0.2) is 0 Å². The summed E-state index contributed by atoms with van der Waals surface area (Å²) in [6, 6.07) is 20.3. The van der Waals surface area contributed by atoms with Gasteiger partial charge in [0.25, 0.3) is 11.8 Å². The molecule has 1 heterocycles. The number of methoxy groups -OCH3 is 1. The highest BCUT2D eigenvalue weighted by molar-refractivity contribution is 6.36. The first-order chi connectivity index (χ1) is 15.4. The van der Waals surface area contributed by atoms with E-state index < -0.39 is 5.91 Å². The number of nitrogens with one attached hydrogen (secondary N) is 1. The number of nitrogens with zero attached hydrogens (tertiary/aromatic N) is 1. The first-order valence-corrected chi connectivity index (χ1v) is 10.6. The van der Waals surface area contributed by atoms with Crippen LogP contribution in [0, 0.1) is 13.8 Å². The van der Waals surface area contributed by atoms with Gasteiger partial charge in [-0.15, -0.1) is 0 Å². The summed E-state index contributed by atoms with van der Waals surface area (Å²) in [7, 11) is 1.57. The van der Waals surface area contributed by atoms with Crippen molar-refractivity contribution in [1.82, 2.24) is 4.90 Å². The number of carbonyl (C=O) groups excluding carboxylic acids is 2. The van der Waals surface area contributed by atoms with Crippen LogP contribution in [0.25, 0.3) is 5.57 Å². The predicted octanol–water partition coefficient (Wildman–Crippen LogP) is 5.36. The lowest BCUT2D eigenvalue weighted by Crippen LogP contribution is -2.32. The zero-order valence-electron chi connectivity index (χ0n) is 18.1. The molecule has 0 radical (unpaired) electrons. The van der Waals surface area contributed by atoms with Crippen LogP contribution < -0.4 is 10.1 Å². The van der Waals surface area contributed by atoms with Crippen molar-refractivity contribution in [1.29, 1.82) is 0 Å². The molecule has 32 heavy (non-hydrogen) atoms. The monoisotopic (exact) mass is 446 g/mol. The molecule has 6 heteroatoms. The average molecular weight is 447 g/mol. The molecule has 0 aromatic heterocycles. The molecule has 1 N–H and O–H groups in total. The van der Waals surface area contributed by atoms with E-state index in [2.05, 4.69) is 5.32 Å². The van der Waals surface area contributed by atoms with Gasteiger partial charge in [0.2, 0.25) is 0 Å². The molecule has 1 aliphatic heterocycles. The summed E-state index contributed by atoms with van der Waals surface area (Å²) < 4.78 is 5.41. The standard InChI is InChI=1S/C26H23ClN2O3/c1-16-11-13-18(14-12-16)23-24(28-21-9-6-8-20(27)17(21)2)26(31)29(25(23)30)15-19-7-4-5-10-22(19)32-3/h4-14,28H,15H2,1-3H3. The van der Waals surface area contributed by atoms with Crippen LogP contribution in [0.3, 0.4) is 0 Å². The van der Waals surface area contributed by atoms with E-state index in [1.165, 1.54) is 4.90 Å². The zero-order valence-corrected chi connectivity index (χ0v) is 18.9. The molecule has 0 atom stereocenters. The molecule has 4 rings (SSSR count). The van der Waals surface area contributed by atoms with Crippen molar-refractivity contribution >= 4 is 34.7 Å². The van der Waals surface area contributed by atoms with Gasteiger partial charge in [-0.25, -0.2) is 0 Å². The van der Waals surface area contributed by atoms with E-state index in [0.717, 1.165) is 16.7 Å². The number of para-hydroxylation sites is 1. The van der Waals surface area contributed by atoms with Crippen LogP contribution in [0.2, 0.25) is 5.02 Å². The predicted molar refractivity (Wildman–Crippen MR) is 126 cm³/mol. The van der Waals surface area contributed by atoms with Crippen LogP contribution in [0.1, 0.15) is 22.3 Å². The Bertz CT molecular complexity index is 1230. The van der Waals surface area contributed by atoms with Gasteiger partial charge in [0, 0.05) is 16.3 Å². The fourth-order valence-corrected chi connectivity index (χ4v) is 3.88. The van der Waals surface area contributed by atoms with Crippen molar-refractivity contribution in [2.45, 2.75) is 20.4 Å². The normalized spacial score (nSPS) is 13.7.